The lowest BCUT2D eigenvalue weighted by Crippen LogP contribution is -2.20. The van der Waals surface area contributed by atoms with Crippen molar-refractivity contribution >= 4 is 5.91 Å². The number of hydrogen-bond donors (Lipinski definition) is 1. The summed E-state index contributed by atoms with van der Waals surface area (Å²) in [5.74, 6) is -0.939. The minimum Gasteiger partial charge on any atom is -0.468 e. The number of nitrogens with two attached hydrogens (primary N) is 1. The highest BCUT2D eigenvalue weighted by Gasteiger charge is 2.34. The third kappa shape index (κ3) is 2.86. The predicted octanol–water partition coefficient (Wildman–Crippen LogP) is 0.303. The van der Waals surface area contributed by atoms with Crippen LogP contribution in [0.3, 0.4) is 0 Å². The van der Waals surface area contributed by atoms with Gasteiger partial charge in [0, 0.05) is 13.1 Å². The molecule has 0 aliphatic rings. The molecule has 0 radical (unpaired) electrons. The zero-order chi connectivity index (χ0) is 11.6. The molecule has 0 spiro atoms. The molecule has 2 N–H and O–H groups in total. The third-order valence-corrected chi connectivity index (χ3v) is 1.49. The lowest BCUT2D eigenvalue weighted by molar-refractivity contribution is -0.141. The average molecular weight is 223 g/mol. The van der Waals surface area contributed by atoms with Crippen LogP contribution in [0.1, 0.15) is 5.69 Å². The summed E-state index contributed by atoms with van der Waals surface area (Å²) in [5, 5.41) is 3.17. The summed E-state index contributed by atoms with van der Waals surface area (Å²) >= 11 is 0. The molecule has 8 heteroatoms. The number of aryl methyl sites for hydroxylation is 1. The second-order valence-corrected chi connectivity index (χ2v) is 2.74. The number of halogens is 3. The summed E-state index contributed by atoms with van der Waals surface area (Å²) in [6.07, 6.45) is -4.54. The van der Waals surface area contributed by atoms with Gasteiger partial charge in [-0.1, -0.05) is 0 Å². The number of aromatic nitrogens is 2. The van der Waals surface area contributed by atoms with Crippen LogP contribution in [0.4, 0.5) is 13.2 Å². The van der Waals surface area contributed by atoms with Crippen molar-refractivity contribution in [3.63, 3.8) is 0 Å². The maximum absolute atomic E-state index is 12.2. The normalized spacial score (nSPS) is 11.5. The van der Waals surface area contributed by atoms with Crippen LogP contribution >= 0.6 is 0 Å². The molecule has 0 aliphatic carbocycles. The van der Waals surface area contributed by atoms with Crippen molar-refractivity contribution < 1.29 is 22.7 Å². The Kier molecular flexibility index (Phi) is 2.87. The first kappa shape index (κ1) is 11.3. The van der Waals surface area contributed by atoms with Gasteiger partial charge in [0.2, 0.25) is 5.88 Å². The molecule has 0 atom stereocenters. The van der Waals surface area contributed by atoms with Gasteiger partial charge in [0.05, 0.1) is 0 Å². The molecule has 0 bridgehead atoms. The fourth-order valence-corrected chi connectivity index (χ4v) is 0.869. The first-order valence-electron chi connectivity index (χ1n) is 3.83. The summed E-state index contributed by atoms with van der Waals surface area (Å²) in [4.78, 5) is 10.3. The summed E-state index contributed by atoms with van der Waals surface area (Å²) in [6.45, 7) is -0.489. The molecule has 0 fully saturated rings. The molecular weight excluding hydrogens is 215 g/mol. The van der Waals surface area contributed by atoms with Crippen LogP contribution in [0.5, 0.6) is 5.88 Å². The maximum Gasteiger partial charge on any atom is 0.435 e. The van der Waals surface area contributed by atoms with Crippen molar-refractivity contribution in [3.8, 4) is 5.88 Å². The van der Waals surface area contributed by atoms with Crippen LogP contribution < -0.4 is 10.5 Å². The van der Waals surface area contributed by atoms with Crippen LogP contribution in [0.2, 0.25) is 0 Å². The van der Waals surface area contributed by atoms with Gasteiger partial charge in [-0.3, -0.25) is 4.79 Å². The van der Waals surface area contributed by atoms with E-state index in [9.17, 15) is 18.0 Å². The first-order chi connectivity index (χ1) is 6.80. The van der Waals surface area contributed by atoms with Gasteiger partial charge >= 0.3 is 6.18 Å². The Labute approximate surface area is 82.6 Å². The van der Waals surface area contributed by atoms with E-state index in [2.05, 4.69) is 5.10 Å². The van der Waals surface area contributed by atoms with Crippen LogP contribution in [0.25, 0.3) is 0 Å². The number of carbonyl (C=O) groups is 1. The second kappa shape index (κ2) is 3.79. The van der Waals surface area contributed by atoms with E-state index < -0.39 is 24.4 Å². The van der Waals surface area contributed by atoms with E-state index in [1.54, 1.807) is 0 Å². The van der Waals surface area contributed by atoms with Gasteiger partial charge in [-0.15, -0.1) is 0 Å². The number of nitrogens with zero attached hydrogens (tertiary/aromatic N) is 2. The Bertz CT molecular complexity index is 372. The quantitative estimate of drug-likeness (QED) is 0.801. The number of rotatable bonds is 3. The van der Waals surface area contributed by atoms with Crippen molar-refractivity contribution in [1.82, 2.24) is 9.78 Å². The van der Waals surface area contributed by atoms with Crippen molar-refractivity contribution in [1.29, 1.82) is 0 Å². The van der Waals surface area contributed by atoms with Gasteiger partial charge in [-0.2, -0.15) is 18.3 Å². The van der Waals surface area contributed by atoms with Crippen LogP contribution in [0.15, 0.2) is 6.07 Å². The highest BCUT2D eigenvalue weighted by Crippen LogP contribution is 2.30. The molecule has 84 valence electrons. The molecule has 0 aliphatic heterocycles. The minimum atomic E-state index is -4.54. The van der Waals surface area contributed by atoms with Crippen LogP contribution in [-0.4, -0.2) is 22.3 Å². The number of alkyl halides is 3. The fraction of sp³-hybridized carbons (Fsp3) is 0.429. The molecule has 0 saturated heterocycles. The van der Waals surface area contributed by atoms with E-state index in [1.165, 1.54) is 7.05 Å². The molecule has 0 saturated carbocycles. The van der Waals surface area contributed by atoms with Gasteiger partial charge in [0.1, 0.15) is 0 Å². The SMILES string of the molecule is Cn1nc(C(F)(F)F)cc1OCC(N)=O. The van der Waals surface area contributed by atoms with E-state index in [0.29, 0.717) is 6.07 Å². The van der Waals surface area contributed by atoms with Crippen molar-refractivity contribution in [3.05, 3.63) is 11.8 Å². The van der Waals surface area contributed by atoms with Gasteiger partial charge in [-0.05, 0) is 0 Å². The molecule has 1 amide bonds. The molecule has 1 aromatic heterocycles. The van der Waals surface area contributed by atoms with Crippen LogP contribution in [-0.2, 0) is 18.0 Å². The van der Waals surface area contributed by atoms with E-state index in [1.807, 2.05) is 0 Å². The van der Waals surface area contributed by atoms with Gasteiger partial charge in [0.25, 0.3) is 5.91 Å². The maximum atomic E-state index is 12.2. The number of hydrogen-bond acceptors (Lipinski definition) is 3. The highest BCUT2D eigenvalue weighted by atomic mass is 19.4. The Morgan fingerprint density at radius 1 is 1.67 bits per heavy atom. The molecule has 5 nitrogen and oxygen atoms in total. The summed E-state index contributed by atoms with van der Waals surface area (Å²) < 4.78 is 42.1. The monoisotopic (exact) mass is 223 g/mol. The zero-order valence-corrected chi connectivity index (χ0v) is 7.71. The Morgan fingerprint density at radius 2 is 2.27 bits per heavy atom. The number of amides is 1. The largest absolute Gasteiger partial charge is 0.468 e. The predicted molar refractivity (Wildman–Crippen MR) is 42.9 cm³/mol. The smallest absolute Gasteiger partial charge is 0.435 e. The number of ether oxygens (including phenoxy) is 1. The van der Waals surface area contributed by atoms with E-state index in [0.717, 1.165) is 4.68 Å². The van der Waals surface area contributed by atoms with E-state index in [-0.39, 0.29) is 5.88 Å². The minimum absolute atomic E-state index is 0.166. The van der Waals surface area contributed by atoms with E-state index in [4.69, 9.17) is 10.5 Å². The molecule has 1 aromatic rings. The molecule has 0 unspecified atom stereocenters. The van der Waals surface area contributed by atoms with Crippen molar-refractivity contribution in [2.24, 2.45) is 12.8 Å². The molecular formula is C7H8F3N3O2. The lowest BCUT2D eigenvalue weighted by atomic mass is 10.4. The van der Waals surface area contributed by atoms with Gasteiger partial charge in [0.15, 0.2) is 12.3 Å². The lowest BCUT2D eigenvalue weighted by Gasteiger charge is -2.01. The summed E-state index contributed by atoms with van der Waals surface area (Å²) in [7, 11) is 1.27. The number of primary amides is 1. The highest BCUT2D eigenvalue weighted by molar-refractivity contribution is 5.75. The Balaban J connectivity index is 2.82. The molecule has 15 heavy (non-hydrogen) atoms. The van der Waals surface area contributed by atoms with Crippen molar-refractivity contribution in [2.75, 3.05) is 6.61 Å². The Morgan fingerprint density at radius 3 is 2.67 bits per heavy atom. The second-order valence-electron chi connectivity index (χ2n) is 2.74. The van der Waals surface area contributed by atoms with Crippen molar-refractivity contribution in [2.45, 2.75) is 6.18 Å². The van der Waals surface area contributed by atoms with Gasteiger partial charge in [-0.25, -0.2) is 4.68 Å². The standard InChI is InChI=1S/C7H8F3N3O2/c1-13-6(15-3-5(11)14)2-4(12-13)7(8,9)10/h2H,3H2,1H3,(H2,11,14). The van der Waals surface area contributed by atoms with Crippen LogP contribution in [0, 0.1) is 0 Å². The summed E-state index contributed by atoms with van der Waals surface area (Å²) in [6, 6.07) is 0.697. The van der Waals surface area contributed by atoms with E-state index >= 15 is 0 Å². The van der Waals surface area contributed by atoms with Gasteiger partial charge < -0.3 is 10.5 Å². The third-order valence-electron chi connectivity index (χ3n) is 1.49. The fourth-order valence-electron chi connectivity index (χ4n) is 0.869. The summed E-state index contributed by atoms with van der Waals surface area (Å²) in [5.41, 5.74) is 3.69. The topological polar surface area (TPSA) is 70.1 Å². The Hall–Kier alpha value is -1.73. The molecule has 1 rings (SSSR count). The molecule has 0 aromatic carbocycles. The average Bonchev–Trinajstić information content (AvgIpc) is 2.42. The number of carbonyl (C=O) groups excluding carboxylic acids is 1. The zero-order valence-electron chi connectivity index (χ0n) is 7.71. The first-order valence-corrected chi connectivity index (χ1v) is 3.83. The molecule has 1 heterocycles.